The minimum atomic E-state index is -0.157. The molecule has 0 N–H and O–H groups in total. The Balaban J connectivity index is 0.968. The molecule has 0 atom stereocenters. The van der Waals surface area contributed by atoms with Gasteiger partial charge in [-0.3, -0.25) is 0 Å². The number of rotatable bonds is 8. The van der Waals surface area contributed by atoms with Gasteiger partial charge in [-0.25, -0.2) is 0 Å². The average molecular weight is 935 g/mol. The van der Waals surface area contributed by atoms with Crippen LogP contribution in [0, 0.1) is 0 Å². The molecule has 6 nitrogen and oxygen atoms in total. The number of fused-ring (bicyclic) bond motifs is 12. The Morgan fingerprint density at radius 3 is 1.01 bits per heavy atom. The first-order valence-electron chi connectivity index (χ1n) is 24.9. The van der Waals surface area contributed by atoms with Gasteiger partial charge in [0.05, 0.1) is 11.4 Å². The van der Waals surface area contributed by atoms with E-state index in [1.165, 1.54) is 16.4 Å². The smallest absolute Gasteiger partial charge is 0.252 e. The maximum Gasteiger partial charge on any atom is 0.252 e. The summed E-state index contributed by atoms with van der Waals surface area (Å²) in [5.74, 6) is 0. The predicted octanol–water partition coefficient (Wildman–Crippen LogP) is 16.5. The standard InChI is InChI=1S/C66H43BN4O2/c1-7-20-44(21-8-1)68(45-22-9-2-10-23-45)50-34-36-52-54-38-40-56-63(65(54)72-60(52)42-50)70(48-28-15-5-16-29-48)58-32-19-33-59-62(58)67(56)57-41-39-55-53-37-35-51(69(46-24-11-3-12-25-46)47-26-13-4-14-27-47)43-61(53)73-66(55)64(57)71(59)49-30-17-6-18-31-49/h1-43H. The van der Waals surface area contributed by atoms with Gasteiger partial charge in [0.15, 0.2) is 11.2 Å². The number of furan rings is 2. The molecule has 15 rings (SSSR count). The van der Waals surface area contributed by atoms with Gasteiger partial charge in [-0.2, -0.15) is 0 Å². The van der Waals surface area contributed by atoms with Crippen molar-refractivity contribution in [2.75, 3.05) is 19.6 Å². The van der Waals surface area contributed by atoms with Gasteiger partial charge >= 0.3 is 0 Å². The minimum Gasteiger partial charge on any atom is -0.454 e. The number of nitrogens with zero attached hydrogens (tertiary/aromatic N) is 4. The molecule has 11 aromatic carbocycles. The van der Waals surface area contributed by atoms with Crippen LogP contribution in [-0.2, 0) is 0 Å². The molecule has 0 unspecified atom stereocenters. The minimum absolute atomic E-state index is 0.157. The molecule has 0 radical (unpaired) electrons. The molecular weight excluding hydrogens is 892 g/mol. The molecule has 342 valence electrons. The molecule has 4 heterocycles. The highest BCUT2D eigenvalue weighted by Crippen LogP contribution is 2.50. The Morgan fingerprint density at radius 1 is 0.301 bits per heavy atom. The largest absolute Gasteiger partial charge is 0.454 e. The number of benzene rings is 11. The molecule has 73 heavy (non-hydrogen) atoms. The monoisotopic (exact) mass is 934 g/mol. The number of para-hydroxylation sites is 6. The van der Waals surface area contributed by atoms with E-state index in [1.54, 1.807) is 0 Å². The highest BCUT2D eigenvalue weighted by atomic mass is 16.3. The van der Waals surface area contributed by atoms with Crippen LogP contribution in [-0.4, -0.2) is 6.71 Å². The summed E-state index contributed by atoms with van der Waals surface area (Å²) >= 11 is 0. The third kappa shape index (κ3) is 6.39. The topological polar surface area (TPSA) is 39.2 Å². The first-order valence-corrected chi connectivity index (χ1v) is 24.9. The lowest BCUT2D eigenvalue weighted by atomic mass is 9.33. The summed E-state index contributed by atoms with van der Waals surface area (Å²) in [6.45, 7) is -0.157. The summed E-state index contributed by atoms with van der Waals surface area (Å²) in [4.78, 5) is 9.43. The van der Waals surface area contributed by atoms with Gasteiger partial charge in [-0.1, -0.05) is 140 Å². The van der Waals surface area contributed by atoms with E-state index in [9.17, 15) is 0 Å². The maximum absolute atomic E-state index is 7.30. The van der Waals surface area contributed by atoms with Crippen molar-refractivity contribution in [2.45, 2.75) is 0 Å². The summed E-state index contributed by atoms with van der Waals surface area (Å²) < 4.78 is 14.6. The normalized spacial score (nSPS) is 12.6. The second-order valence-corrected chi connectivity index (χ2v) is 18.8. The number of hydrogen-bond acceptors (Lipinski definition) is 6. The molecule has 0 saturated heterocycles. The van der Waals surface area contributed by atoms with Crippen LogP contribution in [0.4, 0.5) is 68.2 Å². The van der Waals surface area contributed by atoms with Gasteiger partial charge in [0.2, 0.25) is 0 Å². The Bertz CT molecular complexity index is 3870. The molecule has 7 heteroatoms. The molecule has 0 aliphatic carbocycles. The van der Waals surface area contributed by atoms with E-state index in [2.05, 4.69) is 280 Å². The van der Waals surface area contributed by atoms with Gasteiger partial charge in [-0.15, -0.1) is 0 Å². The molecular formula is C66H43BN4O2. The Hall–Kier alpha value is -9.72. The highest BCUT2D eigenvalue weighted by Gasteiger charge is 2.45. The molecule has 2 aromatic heterocycles. The van der Waals surface area contributed by atoms with Crippen LogP contribution < -0.4 is 36.0 Å². The van der Waals surface area contributed by atoms with Crippen LogP contribution >= 0.6 is 0 Å². The third-order valence-corrected chi connectivity index (χ3v) is 14.8. The zero-order valence-electron chi connectivity index (χ0n) is 39.5. The quantitative estimate of drug-likeness (QED) is 0.141. The van der Waals surface area contributed by atoms with Crippen LogP contribution in [0.5, 0.6) is 0 Å². The maximum atomic E-state index is 7.30. The predicted molar refractivity (Wildman–Crippen MR) is 304 cm³/mol. The highest BCUT2D eigenvalue weighted by molar-refractivity contribution is 7.00. The zero-order chi connectivity index (χ0) is 48.0. The van der Waals surface area contributed by atoms with Gasteiger partial charge in [0.1, 0.15) is 11.2 Å². The average Bonchev–Trinajstić information content (AvgIpc) is 4.04. The second kappa shape index (κ2) is 16.4. The summed E-state index contributed by atoms with van der Waals surface area (Å²) in [6, 6.07) is 92.9. The molecule has 0 amide bonds. The molecule has 0 spiro atoms. The van der Waals surface area contributed by atoms with Crippen molar-refractivity contribution in [1.82, 2.24) is 0 Å². The van der Waals surface area contributed by atoms with Crippen molar-refractivity contribution in [3.05, 3.63) is 261 Å². The second-order valence-electron chi connectivity index (χ2n) is 18.8. The van der Waals surface area contributed by atoms with Gasteiger partial charge in [-0.05, 0) is 126 Å². The first kappa shape index (κ1) is 41.1. The fourth-order valence-electron chi connectivity index (χ4n) is 11.7. The van der Waals surface area contributed by atoms with Gasteiger partial charge < -0.3 is 28.4 Å². The van der Waals surface area contributed by atoms with E-state index < -0.39 is 0 Å². The number of hydrogen-bond donors (Lipinski definition) is 0. The van der Waals surface area contributed by atoms with Crippen molar-refractivity contribution >= 4 is 135 Å². The lowest BCUT2D eigenvalue weighted by Gasteiger charge is -2.43. The fourth-order valence-corrected chi connectivity index (χ4v) is 11.7. The Kier molecular flexibility index (Phi) is 9.26. The van der Waals surface area contributed by atoms with E-state index in [-0.39, 0.29) is 6.71 Å². The van der Waals surface area contributed by atoms with Gasteiger partial charge in [0.25, 0.3) is 6.71 Å². The van der Waals surface area contributed by atoms with Gasteiger partial charge in [0, 0.05) is 90.6 Å². The van der Waals surface area contributed by atoms with Crippen molar-refractivity contribution in [2.24, 2.45) is 0 Å². The molecule has 0 bridgehead atoms. The van der Waals surface area contributed by atoms with E-state index in [0.717, 1.165) is 112 Å². The third-order valence-electron chi connectivity index (χ3n) is 14.8. The molecule has 0 saturated carbocycles. The summed E-state index contributed by atoms with van der Waals surface area (Å²) in [7, 11) is 0. The summed E-state index contributed by atoms with van der Waals surface area (Å²) in [5, 5.41) is 4.27. The van der Waals surface area contributed by atoms with E-state index in [1.807, 2.05) is 0 Å². The van der Waals surface area contributed by atoms with Crippen LogP contribution in [0.25, 0.3) is 43.9 Å². The Labute approximate surface area is 422 Å². The number of anilines is 12. The van der Waals surface area contributed by atoms with Crippen molar-refractivity contribution in [3.8, 4) is 0 Å². The fraction of sp³-hybridized carbons (Fsp3) is 0. The first-order chi connectivity index (χ1) is 36.2. The Morgan fingerprint density at radius 2 is 0.644 bits per heavy atom. The van der Waals surface area contributed by atoms with E-state index in [0.29, 0.717) is 0 Å². The zero-order valence-corrected chi connectivity index (χ0v) is 39.5. The lowest BCUT2D eigenvalue weighted by molar-refractivity contribution is 0.669. The molecule has 13 aromatic rings. The van der Waals surface area contributed by atoms with Crippen molar-refractivity contribution in [1.29, 1.82) is 0 Å². The lowest BCUT2D eigenvalue weighted by Crippen LogP contribution is -2.61. The van der Waals surface area contributed by atoms with Crippen LogP contribution in [0.3, 0.4) is 0 Å². The summed E-state index contributed by atoms with van der Waals surface area (Å²) in [6.07, 6.45) is 0. The molecule has 2 aliphatic heterocycles. The van der Waals surface area contributed by atoms with E-state index in [4.69, 9.17) is 8.83 Å². The van der Waals surface area contributed by atoms with Crippen LogP contribution in [0.2, 0.25) is 0 Å². The van der Waals surface area contributed by atoms with Crippen LogP contribution in [0.15, 0.2) is 270 Å². The van der Waals surface area contributed by atoms with Crippen LogP contribution in [0.1, 0.15) is 0 Å². The van der Waals surface area contributed by atoms with E-state index >= 15 is 0 Å². The van der Waals surface area contributed by atoms with Crippen molar-refractivity contribution < 1.29 is 8.83 Å². The summed E-state index contributed by atoms with van der Waals surface area (Å²) in [5.41, 5.74) is 19.6. The van der Waals surface area contributed by atoms with Crippen molar-refractivity contribution in [3.63, 3.8) is 0 Å². The SMILES string of the molecule is c1ccc(N(c2ccccc2)c2ccc3c(c2)oc2c4c(ccc23)B2c3ccc5c(oc6cc(N(c7ccccc7)c7ccccc7)ccc65)c3N(c3ccccc3)c3cccc(c32)N4c2ccccc2)cc1. The molecule has 0 fully saturated rings. The molecule has 2 aliphatic rings.